The molecule has 1 aliphatic rings. The predicted octanol–water partition coefficient (Wildman–Crippen LogP) is 3.88. The number of nitrogens with zero attached hydrogens (tertiary/aromatic N) is 2. The number of fused-ring (bicyclic) bond motifs is 1. The number of aliphatic imine (C=N–C) groups is 1. The van der Waals surface area contributed by atoms with E-state index in [0.717, 1.165) is 45.2 Å². The van der Waals surface area contributed by atoms with E-state index in [1.54, 1.807) is 17.8 Å². The van der Waals surface area contributed by atoms with Crippen LogP contribution in [0.1, 0.15) is 23.1 Å². The Bertz CT molecular complexity index is 830. The average molecular weight is 342 g/mol. The van der Waals surface area contributed by atoms with Crippen LogP contribution in [0.2, 0.25) is 0 Å². The van der Waals surface area contributed by atoms with Gasteiger partial charge in [0.15, 0.2) is 0 Å². The van der Waals surface area contributed by atoms with Crippen LogP contribution in [0.25, 0.3) is 0 Å². The van der Waals surface area contributed by atoms with Gasteiger partial charge in [-0.05, 0) is 49.2 Å². The molecule has 24 heavy (non-hydrogen) atoms. The van der Waals surface area contributed by atoms with Crippen molar-refractivity contribution >= 4 is 29.1 Å². The maximum Gasteiger partial charge on any atom is 0.214 e. The van der Waals surface area contributed by atoms with Gasteiger partial charge in [-0.2, -0.15) is 5.10 Å². The highest BCUT2D eigenvalue weighted by molar-refractivity contribution is 7.99. The Morgan fingerprint density at radius 3 is 2.92 bits per heavy atom. The third kappa shape index (κ3) is 3.59. The Morgan fingerprint density at radius 1 is 1.25 bits per heavy atom. The lowest BCUT2D eigenvalue weighted by Gasteiger charge is -2.17. The van der Waals surface area contributed by atoms with Gasteiger partial charge in [-0.1, -0.05) is 12.1 Å². The molecular formula is C18H19FN4S. The van der Waals surface area contributed by atoms with E-state index in [2.05, 4.69) is 15.5 Å². The molecule has 1 heterocycles. The SMILES string of the molecule is Cc1cccc(N=C(N)N/N=C2\CCSc3ccc(F)cc32)c1C. The minimum Gasteiger partial charge on any atom is -0.368 e. The first-order valence-corrected chi connectivity index (χ1v) is 8.69. The highest BCUT2D eigenvalue weighted by atomic mass is 32.2. The van der Waals surface area contributed by atoms with E-state index in [9.17, 15) is 4.39 Å². The van der Waals surface area contributed by atoms with E-state index in [1.807, 2.05) is 32.0 Å². The van der Waals surface area contributed by atoms with Gasteiger partial charge in [-0.25, -0.2) is 14.8 Å². The van der Waals surface area contributed by atoms with Crippen molar-refractivity contribution in [3.63, 3.8) is 0 Å². The number of nitrogens with one attached hydrogen (secondary N) is 1. The molecular weight excluding hydrogens is 323 g/mol. The highest BCUT2D eigenvalue weighted by Gasteiger charge is 2.17. The number of nitrogens with two attached hydrogens (primary N) is 1. The van der Waals surface area contributed by atoms with Crippen molar-refractivity contribution in [3.8, 4) is 0 Å². The Hall–Kier alpha value is -2.34. The summed E-state index contributed by atoms with van der Waals surface area (Å²) in [5.41, 5.74) is 13.4. The van der Waals surface area contributed by atoms with Crippen LogP contribution in [0.3, 0.4) is 0 Å². The molecule has 4 nitrogen and oxygen atoms in total. The summed E-state index contributed by atoms with van der Waals surface area (Å²) in [7, 11) is 0. The number of benzene rings is 2. The molecule has 0 fully saturated rings. The van der Waals surface area contributed by atoms with Gasteiger partial charge in [0.05, 0.1) is 11.4 Å². The second-order valence-corrected chi connectivity index (χ2v) is 6.76. The summed E-state index contributed by atoms with van der Waals surface area (Å²) >= 11 is 1.70. The van der Waals surface area contributed by atoms with Gasteiger partial charge >= 0.3 is 0 Å². The van der Waals surface area contributed by atoms with Crippen LogP contribution in [0.15, 0.2) is 51.4 Å². The lowest BCUT2D eigenvalue weighted by Crippen LogP contribution is -2.29. The van der Waals surface area contributed by atoms with Crippen molar-refractivity contribution in [2.75, 3.05) is 5.75 Å². The molecule has 0 radical (unpaired) electrons. The van der Waals surface area contributed by atoms with Crippen LogP contribution in [0.4, 0.5) is 10.1 Å². The van der Waals surface area contributed by atoms with Crippen LogP contribution in [-0.2, 0) is 0 Å². The highest BCUT2D eigenvalue weighted by Crippen LogP contribution is 2.30. The normalized spacial score (nSPS) is 16.1. The number of aryl methyl sites for hydroxylation is 1. The molecule has 0 amide bonds. The number of thioether (sulfide) groups is 1. The Balaban J connectivity index is 1.83. The fourth-order valence-corrected chi connectivity index (χ4v) is 3.51. The summed E-state index contributed by atoms with van der Waals surface area (Å²) in [4.78, 5) is 5.41. The van der Waals surface area contributed by atoms with Crippen LogP contribution in [0, 0.1) is 19.7 Å². The molecule has 0 unspecified atom stereocenters. The second kappa shape index (κ2) is 7.05. The van der Waals surface area contributed by atoms with Gasteiger partial charge in [-0.15, -0.1) is 11.8 Å². The van der Waals surface area contributed by atoms with Crippen LogP contribution in [0.5, 0.6) is 0 Å². The van der Waals surface area contributed by atoms with Crippen LogP contribution in [-0.4, -0.2) is 17.4 Å². The largest absolute Gasteiger partial charge is 0.368 e. The number of guanidine groups is 1. The van der Waals surface area contributed by atoms with Crippen molar-refractivity contribution in [1.29, 1.82) is 0 Å². The fraction of sp³-hybridized carbons (Fsp3) is 0.222. The first-order valence-electron chi connectivity index (χ1n) is 7.70. The zero-order valence-electron chi connectivity index (χ0n) is 13.6. The van der Waals surface area contributed by atoms with Crippen molar-refractivity contribution in [3.05, 3.63) is 58.9 Å². The molecule has 3 N–H and O–H groups in total. The number of rotatable bonds is 2. The summed E-state index contributed by atoms with van der Waals surface area (Å²) in [6.45, 7) is 4.04. The molecule has 2 aromatic rings. The molecule has 0 aromatic heterocycles. The minimum absolute atomic E-state index is 0.215. The Labute approximate surface area is 145 Å². The van der Waals surface area contributed by atoms with Gasteiger partial charge in [0.25, 0.3) is 0 Å². The van der Waals surface area contributed by atoms with Crippen molar-refractivity contribution in [2.45, 2.75) is 25.2 Å². The smallest absolute Gasteiger partial charge is 0.214 e. The van der Waals surface area contributed by atoms with Gasteiger partial charge < -0.3 is 5.73 Å². The second-order valence-electron chi connectivity index (χ2n) is 5.63. The Morgan fingerprint density at radius 2 is 2.08 bits per heavy atom. The third-order valence-electron chi connectivity index (χ3n) is 3.97. The van der Waals surface area contributed by atoms with Gasteiger partial charge in [-0.3, -0.25) is 0 Å². The van der Waals surface area contributed by atoms with Crippen LogP contribution >= 0.6 is 11.8 Å². The summed E-state index contributed by atoms with van der Waals surface area (Å²) in [6.07, 6.45) is 0.755. The molecule has 0 bridgehead atoms. The fourth-order valence-electron chi connectivity index (χ4n) is 2.50. The molecule has 1 aliphatic heterocycles. The van der Waals surface area contributed by atoms with Crippen molar-refractivity contribution < 1.29 is 4.39 Å². The van der Waals surface area contributed by atoms with Gasteiger partial charge in [0, 0.05) is 22.6 Å². The Kier molecular flexibility index (Phi) is 4.85. The van der Waals surface area contributed by atoms with Gasteiger partial charge in [0.2, 0.25) is 5.96 Å². The molecule has 0 spiro atoms. The number of hydrogen-bond acceptors (Lipinski definition) is 3. The molecule has 2 aromatic carbocycles. The zero-order chi connectivity index (χ0) is 17.1. The number of hydrazone groups is 1. The van der Waals surface area contributed by atoms with E-state index < -0.39 is 0 Å². The maximum absolute atomic E-state index is 13.5. The summed E-state index contributed by atoms with van der Waals surface area (Å²) in [5.74, 6) is 0.862. The number of hydrogen-bond donors (Lipinski definition) is 2. The molecule has 3 rings (SSSR count). The molecule has 0 aliphatic carbocycles. The minimum atomic E-state index is -0.263. The van der Waals surface area contributed by atoms with E-state index in [4.69, 9.17) is 5.73 Å². The zero-order valence-corrected chi connectivity index (χ0v) is 14.5. The summed E-state index contributed by atoms with van der Waals surface area (Å²) in [5, 5.41) is 4.34. The van der Waals surface area contributed by atoms with Gasteiger partial charge in [0.1, 0.15) is 5.82 Å². The van der Waals surface area contributed by atoms with E-state index >= 15 is 0 Å². The molecule has 0 saturated carbocycles. The molecule has 6 heteroatoms. The van der Waals surface area contributed by atoms with E-state index in [1.165, 1.54) is 12.1 Å². The van der Waals surface area contributed by atoms with Crippen LogP contribution < -0.4 is 11.2 Å². The monoisotopic (exact) mass is 342 g/mol. The van der Waals surface area contributed by atoms with E-state index in [0.29, 0.717) is 0 Å². The first-order chi connectivity index (χ1) is 11.5. The topological polar surface area (TPSA) is 62.8 Å². The lowest BCUT2D eigenvalue weighted by atomic mass is 10.1. The first kappa shape index (κ1) is 16.5. The molecule has 0 saturated heterocycles. The average Bonchev–Trinajstić information content (AvgIpc) is 2.57. The maximum atomic E-state index is 13.5. The van der Waals surface area contributed by atoms with Crippen molar-refractivity contribution in [2.24, 2.45) is 15.8 Å². The summed E-state index contributed by atoms with van der Waals surface area (Å²) in [6, 6.07) is 10.7. The molecule has 124 valence electrons. The number of halogens is 1. The van der Waals surface area contributed by atoms with Crippen molar-refractivity contribution in [1.82, 2.24) is 5.43 Å². The quantitative estimate of drug-likeness (QED) is 0.495. The third-order valence-corrected chi connectivity index (χ3v) is 5.05. The predicted molar refractivity (Wildman–Crippen MR) is 98.6 cm³/mol. The van der Waals surface area contributed by atoms with E-state index in [-0.39, 0.29) is 11.8 Å². The molecule has 0 atom stereocenters. The lowest BCUT2D eigenvalue weighted by molar-refractivity contribution is 0.626. The standard InChI is InChI=1S/C18H19FN4S/c1-11-4-3-5-15(12(11)2)21-18(20)23-22-16-8-9-24-17-7-6-13(19)10-14(16)17/h3-7,10H,8-9H2,1-2H3,(H3,20,21,23)/b22-16+. The summed E-state index contributed by atoms with van der Waals surface area (Å²) < 4.78 is 13.5.